The Hall–Kier alpha value is -1.69. The van der Waals surface area contributed by atoms with Crippen LogP contribution in [0, 0.1) is 5.92 Å². The summed E-state index contributed by atoms with van der Waals surface area (Å²) >= 11 is 1.55. The lowest BCUT2D eigenvalue weighted by atomic mass is 10.2. The van der Waals surface area contributed by atoms with E-state index in [1.165, 1.54) is 0 Å². The molecule has 5 nitrogen and oxygen atoms in total. The third kappa shape index (κ3) is 2.27. The molecule has 0 spiro atoms. The Morgan fingerprint density at radius 1 is 1.50 bits per heavy atom. The Morgan fingerprint density at radius 3 is 2.94 bits per heavy atom. The van der Waals surface area contributed by atoms with Crippen LogP contribution in [0.5, 0.6) is 0 Å². The fourth-order valence-electron chi connectivity index (χ4n) is 1.03. The summed E-state index contributed by atoms with van der Waals surface area (Å²) in [5.41, 5.74) is 0.863. The van der Waals surface area contributed by atoms with Crippen molar-refractivity contribution < 1.29 is 9.21 Å². The lowest BCUT2D eigenvalue weighted by Crippen LogP contribution is -2.17. The average Bonchev–Trinajstić information content (AvgIpc) is 2.85. The van der Waals surface area contributed by atoms with Crippen molar-refractivity contribution in [2.45, 2.75) is 13.8 Å². The Morgan fingerprint density at radius 2 is 2.31 bits per heavy atom. The number of nitrogens with one attached hydrogen (secondary N) is 1. The molecular weight excluding hydrogens is 226 g/mol. The highest BCUT2D eigenvalue weighted by Gasteiger charge is 2.13. The van der Waals surface area contributed by atoms with Crippen molar-refractivity contribution in [2.75, 3.05) is 5.32 Å². The van der Waals surface area contributed by atoms with E-state index in [1.807, 2.05) is 16.8 Å². The van der Waals surface area contributed by atoms with Gasteiger partial charge in [-0.1, -0.05) is 18.9 Å². The Labute approximate surface area is 96.5 Å². The summed E-state index contributed by atoms with van der Waals surface area (Å²) in [5.74, 6) is 0.164. The molecule has 0 saturated carbocycles. The molecule has 0 unspecified atom stereocenters. The Balaban J connectivity index is 2.11. The second-order valence-corrected chi connectivity index (χ2v) is 4.35. The normalized spacial score (nSPS) is 10.7. The second kappa shape index (κ2) is 4.44. The van der Waals surface area contributed by atoms with Gasteiger partial charge in [-0.15, -0.1) is 5.10 Å². The van der Waals surface area contributed by atoms with Gasteiger partial charge in [0.05, 0.1) is 0 Å². The van der Waals surface area contributed by atoms with Gasteiger partial charge in [0.2, 0.25) is 5.91 Å². The van der Waals surface area contributed by atoms with E-state index in [9.17, 15) is 4.79 Å². The number of amides is 1. The van der Waals surface area contributed by atoms with Gasteiger partial charge in [-0.25, -0.2) is 0 Å². The number of aromatic nitrogens is 2. The lowest BCUT2D eigenvalue weighted by molar-refractivity contribution is -0.119. The first-order valence-electron chi connectivity index (χ1n) is 4.84. The number of rotatable bonds is 3. The third-order valence-electron chi connectivity index (χ3n) is 1.95. The lowest BCUT2D eigenvalue weighted by Gasteiger charge is -2.01. The molecule has 0 bridgehead atoms. The first kappa shape index (κ1) is 10.8. The maximum Gasteiger partial charge on any atom is 0.322 e. The predicted molar refractivity (Wildman–Crippen MR) is 61.1 cm³/mol. The highest BCUT2D eigenvalue weighted by atomic mass is 32.1. The Bertz CT molecular complexity index is 476. The molecule has 16 heavy (non-hydrogen) atoms. The second-order valence-electron chi connectivity index (χ2n) is 3.57. The fraction of sp³-hybridized carbons (Fsp3) is 0.300. The summed E-state index contributed by atoms with van der Waals surface area (Å²) in [6.07, 6.45) is 0. The monoisotopic (exact) mass is 237 g/mol. The minimum Gasteiger partial charge on any atom is -0.403 e. The van der Waals surface area contributed by atoms with Crippen LogP contribution in [0.25, 0.3) is 11.5 Å². The van der Waals surface area contributed by atoms with E-state index in [0.29, 0.717) is 5.89 Å². The van der Waals surface area contributed by atoms with E-state index in [2.05, 4.69) is 15.5 Å². The average molecular weight is 237 g/mol. The van der Waals surface area contributed by atoms with Crippen LogP contribution in [-0.4, -0.2) is 16.1 Å². The SMILES string of the molecule is CC(C)C(=O)Nc1nnc(-c2ccsc2)o1. The summed E-state index contributed by atoms with van der Waals surface area (Å²) in [7, 11) is 0. The number of carbonyl (C=O) groups is 1. The fourth-order valence-corrected chi connectivity index (χ4v) is 1.66. The quantitative estimate of drug-likeness (QED) is 0.890. The van der Waals surface area contributed by atoms with Gasteiger partial charge in [0.25, 0.3) is 5.89 Å². The number of thiophene rings is 1. The van der Waals surface area contributed by atoms with Crippen LogP contribution in [0.15, 0.2) is 21.2 Å². The van der Waals surface area contributed by atoms with Gasteiger partial charge in [-0.05, 0) is 11.4 Å². The van der Waals surface area contributed by atoms with Crippen molar-refractivity contribution in [2.24, 2.45) is 5.92 Å². The topological polar surface area (TPSA) is 68.0 Å². The third-order valence-corrected chi connectivity index (χ3v) is 2.63. The summed E-state index contributed by atoms with van der Waals surface area (Å²) in [5, 5.41) is 14.0. The first-order chi connectivity index (χ1) is 7.66. The standard InChI is InChI=1S/C10H11N3O2S/c1-6(2)8(14)11-10-13-12-9(15-10)7-3-4-16-5-7/h3-6H,1-2H3,(H,11,13,14). The van der Waals surface area contributed by atoms with Crippen molar-refractivity contribution >= 4 is 23.3 Å². The number of anilines is 1. The van der Waals surface area contributed by atoms with Crippen LogP contribution in [0.2, 0.25) is 0 Å². The zero-order valence-corrected chi connectivity index (χ0v) is 9.75. The summed E-state index contributed by atoms with van der Waals surface area (Å²) in [6.45, 7) is 3.59. The van der Waals surface area contributed by atoms with Crippen molar-refractivity contribution in [1.82, 2.24) is 10.2 Å². The molecule has 0 saturated heterocycles. The summed E-state index contributed by atoms with van der Waals surface area (Å²) in [4.78, 5) is 11.4. The molecule has 0 aliphatic rings. The number of hydrogen-bond acceptors (Lipinski definition) is 5. The van der Waals surface area contributed by atoms with E-state index in [1.54, 1.807) is 25.2 Å². The van der Waals surface area contributed by atoms with Gasteiger partial charge < -0.3 is 4.42 Å². The van der Waals surface area contributed by atoms with Crippen LogP contribution in [0.3, 0.4) is 0 Å². The molecule has 2 aromatic heterocycles. The summed E-state index contributed by atoms with van der Waals surface area (Å²) in [6, 6.07) is 2.02. The van der Waals surface area contributed by atoms with Gasteiger partial charge in [-0.3, -0.25) is 10.1 Å². The number of carbonyl (C=O) groups excluding carboxylic acids is 1. The minimum atomic E-state index is -0.138. The van der Waals surface area contributed by atoms with Crippen molar-refractivity contribution in [1.29, 1.82) is 0 Å². The van der Waals surface area contributed by atoms with Gasteiger partial charge >= 0.3 is 6.01 Å². The van der Waals surface area contributed by atoms with Crippen LogP contribution in [0.1, 0.15) is 13.8 Å². The maximum absolute atomic E-state index is 11.4. The van der Waals surface area contributed by atoms with Gasteiger partial charge in [0, 0.05) is 16.9 Å². The molecule has 1 amide bonds. The Kier molecular flexibility index (Phi) is 3.00. The van der Waals surface area contributed by atoms with E-state index in [0.717, 1.165) is 5.56 Å². The molecule has 2 rings (SSSR count). The number of nitrogens with zero attached hydrogens (tertiary/aromatic N) is 2. The van der Waals surface area contributed by atoms with Crippen molar-refractivity contribution in [3.8, 4) is 11.5 Å². The molecule has 0 aliphatic carbocycles. The molecule has 0 fully saturated rings. The van der Waals surface area contributed by atoms with Crippen molar-refractivity contribution in [3.63, 3.8) is 0 Å². The van der Waals surface area contributed by atoms with Crippen LogP contribution in [-0.2, 0) is 4.79 Å². The smallest absolute Gasteiger partial charge is 0.322 e. The first-order valence-corrected chi connectivity index (χ1v) is 5.78. The van der Waals surface area contributed by atoms with Gasteiger partial charge in [-0.2, -0.15) is 11.3 Å². The van der Waals surface area contributed by atoms with E-state index >= 15 is 0 Å². The highest BCUT2D eigenvalue weighted by Crippen LogP contribution is 2.22. The predicted octanol–water partition coefficient (Wildman–Crippen LogP) is 2.39. The van der Waals surface area contributed by atoms with Crippen LogP contribution >= 0.6 is 11.3 Å². The van der Waals surface area contributed by atoms with E-state index in [-0.39, 0.29) is 17.8 Å². The molecule has 2 heterocycles. The largest absolute Gasteiger partial charge is 0.403 e. The summed E-state index contributed by atoms with van der Waals surface area (Å²) < 4.78 is 5.30. The van der Waals surface area contributed by atoms with Crippen LogP contribution in [0.4, 0.5) is 6.01 Å². The zero-order chi connectivity index (χ0) is 11.5. The highest BCUT2D eigenvalue weighted by molar-refractivity contribution is 7.08. The zero-order valence-electron chi connectivity index (χ0n) is 8.93. The molecule has 0 radical (unpaired) electrons. The minimum absolute atomic E-state index is 0.114. The molecule has 6 heteroatoms. The van der Waals surface area contributed by atoms with Gasteiger partial charge in [0.15, 0.2) is 0 Å². The molecule has 0 atom stereocenters. The molecule has 1 N–H and O–H groups in total. The molecule has 0 aromatic carbocycles. The van der Waals surface area contributed by atoms with Gasteiger partial charge in [0.1, 0.15) is 0 Å². The van der Waals surface area contributed by atoms with Crippen LogP contribution < -0.4 is 5.32 Å². The molecular formula is C10H11N3O2S. The molecule has 84 valence electrons. The van der Waals surface area contributed by atoms with E-state index in [4.69, 9.17) is 4.42 Å². The van der Waals surface area contributed by atoms with E-state index < -0.39 is 0 Å². The maximum atomic E-state index is 11.4. The van der Waals surface area contributed by atoms with Crippen molar-refractivity contribution in [3.05, 3.63) is 16.8 Å². The number of hydrogen-bond donors (Lipinski definition) is 1. The molecule has 2 aromatic rings. The molecule has 0 aliphatic heterocycles.